The van der Waals surface area contributed by atoms with Crippen LogP contribution < -0.4 is 0 Å². The van der Waals surface area contributed by atoms with Crippen LogP contribution in [-0.2, 0) is 0 Å². The maximum Gasteiger partial charge on any atom is 0.235 e. The van der Waals surface area contributed by atoms with Crippen LogP contribution in [0.4, 0.5) is 0 Å². The molecule has 4 nitrogen and oxygen atoms in total. The summed E-state index contributed by atoms with van der Waals surface area (Å²) in [5.41, 5.74) is 0.975. The molecule has 3 atom stereocenters. The van der Waals surface area contributed by atoms with Gasteiger partial charge in [-0.2, -0.15) is 0 Å². The third kappa shape index (κ3) is 2.57. The number of nitrogens with zero attached hydrogens (tertiary/aromatic N) is 2. The average molecular weight is 276 g/mol. The molecule has 1 saturated heterocycles. The lowest BCUT2D eigenvalue weighted by Gasteiger charge is -2.48. The van der Waals surface area contributed by atoms with Crippen molar-refractivity contribution < 1.29 is 4.92 Å². The summed E-state index contributed by atoms with van der Waals surface area (Å²) in [6, 6.07) is 9.37. The number of likely N-dealkylation sites (N-methyl/N-ethyl adjacent to an activating group) is 1. The van der Waals surface area contributed by atoms with Gasteiger partial charge >= 0.3 is 0 Å². The summed E-state index contributed by atoms with van der Waals surface area (Å²) < 4.78 is 0. The third-order valence-corrected chi connectivity index (χ3v) is 4.67. The largest absolute Gasteiger partial charge is 0.294 e. The van der Waals surface area contributed by atoms with Crippen molar-refractivity contribution in [1.29, 1.82) is 0 Å². The number of nitro groups is 1. The van der Waals surface area contributed by atoms with Crippen LogP contribution in [0, 0.1) is 15.5 Å². The summed E-state index contributed by atoms with van der Waals surface area (Å²) in [5, 5.41) is 11.7. The van der Waals surface area contributed by atoms with Crippen molar-refractivity contribution in [3.8, 4) is 0 Å². The van der Waals surface area contributed by atoms with Gasteiger partial charge in [0.05, 0.1) is 12.0 Å². The SMILES string of the molecule is CCN1CC(C)(C)C(c2ccccc2)C([N+](=O)[O-])C1C. The lowest BCUT2D eigenvalue weighted by molar-refractivity contribution is -0.541. The van der Waals surface area contributed by atoms with Gasteiger partial charge in [0.25, 0.3) is 0 Å². The number of hydrogen-bond donors (Lipinski definition) is 0. The lowest BCUT2D eigenvalue weighted by Crippen LogP contribution is -2.59. The van der Waals surface area contributed by atoms with Crippen LogP contribution >= 0.6 is 0 Å². The fraction of sp³-hybridized carbons (Fsp3) is 0.625. The minimum Gasteiger partial charge on any atom is -0.294 e. The Balaban J connectivity index is 2.47. The molecule has 110 valence electrons. The van der Waals surface area contributed by atoms with Crippen LogP contribution in [0.15, 0.2) is 30.3 Å². The Morgan fingerprint density at radius 1 is 1.35 bits per heavy atom. The smallest absolute Gasteiger partial charge is 0.235 e. The first kappa shape index (κ1) is 15.0. The van der Waals surface area contributed by atoms with Crippen LogP contribution in [0.1, 0.15) is 39.2 Å². The van der Waals surface area contributed by atoms with Crippen molar-refractivity contribution in [3.05, 3.63) is 46.0 Å². The van der Waals surface area contributed by atoms with Crippen molar-refractivity contribution in [2.45, 2.75) is 45.7 Å². The number of rotatable bonds is 3. The molecule has 1 aliphatic rings. The Labute approximate surface area is 120 Å². The van der Waals surface area contributed by atoms with E-state index < -0.39 is 6.04 Å². The summed E-state index contributed by atoms with van der Waals surface area (Å²) in [6.07, 6.45) is 0. The molecule has 0 saturated carbocycles. The molecule has 3 unspecified atom stereocenters. The Morgan fingerprint density at radius 3 is 2.45 bits per heavy atom. The molecule has 1 heterocycles. The molecular weight excluding hydrogens is 252 g/mol. The molecule has 0 spiro atoms. The second-order valence-electron chi connectivity index (χ2n) is 6.46. The van der Waals surface area contributed by atoms with E-state index >= 15 is 0 Å². The Bertz CT molecular complexity index is 473. The summed E-state index contributed by atoms with van der Waals surface area (Å²) in [4.78, 5) is 13.8. The second-order valence-corrected chi connectivity index (χ2v) is 6.46. The number of likely N-dealkylation sites (tertiary alicyclic amines) is 1. The Morgan fingerprint density at radius 2 is 1.95 bits per heavy atom. The zero-order valence-electron chi connectivity index (χ0n) is 12.7. The fourth-order valence-electron chi connectivity index (χ4n) is 3.73. The first-order valence-electron chi connectivity index (χ1n) is 7.31. The highest BCUT2D eigenvalue weighted by Crippen LogP contribution is 2.45. The van der Waals surface area contributed by atoms with E-state index in [4.69, 9.17) is 0 Å². The summed E-state index contributed by atoms with van der Waals surface area (Å²) >= 11 is 0. The molecule has 0 amide bonds. The first-order chi connectivity index (χ1) is 9.38. The van der Waals surface area contributed by atoms with E-state index in [1.54, 1.807) is 0 Å². The van der Waals surface area contributed by atoms with Crippen molar-refractivity contribution in [1.82, 2.24) is 4.90 Å². The number of benzene rings is 1. The molecule has 1 aliphatic heterocycles. The van der Waals surface area contributed by atoms with Crippen molar-refractivity contribution >= 4 is 0 Å². The molecule has 2 rings (SSSR count). The van der Waals surface area contributed by atoms with Crippen molar-refractivity contribution in [2.75, 3.05) is 13.1 Å². The van der Waals surface area contributed by atoms with Gasteiger partial charge in [0.2, 0.25) is 6.04 Å². The molecule has 0 aromatic heterocycles. The molecule has 1 aromatic carbocycles. The summed E-state index contributed by atoms with van der Waals surface area (Å²) in [6.45, 7) is 10.1. The molecular formula is C16H24N2O2. The predicted octanol–water partition coefficient (Wildman–Crippen LogP) is 3.17. The van der Waals surface area contributed by atoms with Gasteiger partial charge < -0.3 is 0 Å². The molecule has 0 bridgehead atoms. The topological polar surface area (TPSA) is 46.4 Å². The molecule has 1 fully saturated rings. The quantitative estimate of drug-likeness (QED) is 0.629. The van der Waals surface area contributed by atoms with Crippen LogP contribution in [0.5, 0.6) is 0 Å². The second kappa shape index (κ2) is 5.52. The molecule has 1 aromatic rings. The third-order valence-electron chi connectivity index (χ3n) is 4.67. The van der Waals surface area contributed by atoms with E-state index in [1.165, 1.54) is 0 Å². The lowest BCUT2D eigenvalue weighted by atomic mass is 9.66. The summed E-state index contributed by atoms with van der Waals surface area (Å²) in [5.74, 6) is -0.0449. The number of piperidine rings is 1. The zero-order chi connectivity index (χ0) is 14.9. The summed E-state index contributed by atoms with van der Waals surface area (Å²) in [7, 11) is 0. The van der Waals surface area contributed by atoms with Gasteiger partial charge in [-0.15, -0.1) is 0 Å². The van der Waals surface area contributed by atoms with E-state index in [9.17, 15) is 10.1 Å². The molecule has 0 N–H and O–H groups in total. The van der Waals surface area contributed by atoms with E-state index in [0.717, 1.165) is 18.7 Å². The van der Waals surface area contributed by atoms with Gasteiger partial charge in [0.1, 0.15) is 0 Å². The normalized spacial score (nSPS) is 30.1. The monoisotopic (exact) mass is 276 g/mol. The van der Waals surface area contributed by atoms with Crippen LogP contribution in [0.25, 0.3) is 0 Å². The van der Waals surface area contributed by atoms with Crippen LogP contribution in [-0.4, -0.2) is 35.0 Å². The predicted molar refractivity (Wildman–Crippen MR) is 80.5 cm³/mol. The fourth-order valence-corrected chi connectivity index (χ4v) is 3.73. The van der Waals surface area contributed by atoms with E-state index in [-0.39, 0.29) is 22.3 Å². The first-order valence-corrected chi connectivity index (χ1v) is 7.31. The van der Waals surface area contributed by atoms with E-state index in [1.807, 2.05) is 37.3 Å². The van der Waals surface area contributed by atoms with Gasteiger partial charge in [-0.05, 0) is 24.4 Å². The molecule has 0 aliphatic carbocycles. The standard InChI is InChI=1S/C16H24N2O2/c1-5-17-11-16(3,4)14(13-9-7-6-8-10-13)15(12(17)2)18(19)20/h6-10,12,14-15H,5,11H2,1-4H3. The van der Waals surface area contributed by atoms with Crippen LogP contribution in [0.2, 0.25) is 0 Å². The molecule has 20 heavy (non-hydrogen) atoms. The van der Waals surface area contributed by atoms with Gasteiger partial charge in [-0.3, -0.25) is 15.0 Å². The average Bonchev–Trinajstić information content (AvgIpc) is 2.40. The van der Waals surface area contributed by atoms with E-state index in [2.05, 4.69) is 25.7 Å². The van der Waals surface area contributed by atoms with Crippen molar-refractivity contribution in [2.24, 2.45) is 5.41 Å². The zero-order valence-corrected chi connectivity index (χ0v) is 12.7. The number of hydrogen-bond acceptors (Lipinski definition) is 3. The highest BCUT2D eigenvalue weighted by atomic mass is 16.6. The van der Waals surface area contributed by atoms with Crippen molar-refractivity contribution in [3.63, 3.8) is 0 Å². The minimum atomic E-state index is -0.555. The van der Waals surface area contributed by atoms with Gasteiger partial charge in [0.15, 0.2) is 0 Å². The minimum absolute atomic E-state index is 0.0340. The van der Waals surface area contributed by atoms with E-state index in [0.29, 0.717) is 0 Å². The highest BCUT2D eigenvalue weighted by molar-refractivity contribution is 5.25. The Hall–Kier alpha value is -1.42. The van der Waals surface area contributed by atoms with Crippen LogP contribution in [0.3, 0.4) is 0 Å². The molecule has 0 radical (unpaired) electrons. The maximum absolute atomic E-state index is 11.7. The maximum atomic E-state index is 11.7. The van der Waals surface area contributed by atoms with Gasteiger partial charge in [0, 0.05) is 11.5 Å². The molecule has 4 heteroatoms. The Kier molecular flexibility index (Phi) is 4.14. The van der Waals surface area contributed by atoms with Gasteiger partial charge in [-0.25, -0.2) is 0 Å². The van der Waals surface area contributed by atoms with Gasteiger partial charge in [-0.1, -0.05) is 51.1 Å². The highest BCUT2D eigenvalue weighted by Gasteiger charge is 2.52.